The Morgan fingerprint density at radius 3 is 2.76 bits per heavy atom. The van der Waals surface area contributed by atoms with Gasteiger partial charge in [0.15, 0.2) is 0 Å². The average Bonchev–Trinajstić information content (AvgIpc) is 2.26. The molecule has 3 amide bonds. The second-order valence-corrected chi connectivity index (χ2v) is 4.03. The fourth-order valence-corrected chi connectivity index (χ4v) is 1.60. The van der Waals surface area contributed by atoms with Crippen molar-refractivity contribution < 1.29 is 19.5 Å². The monoisotopic (exact) mass is 243 g/mol. The number of aliphatic carboxylic acids is 1. The van der Waals surface area contributed by atoms with Crippen molar-refractivity contribution in [2.45, 2.75) is 31.7 Å². The first-order chi connectivity index (χ1) is 8.00. The number of hydrogen-bond acceptors (Lipinski definition) is 4. The summed E-state index contributed by atoms with van der Waals surface area (Å²) in [6, 6.07) is -1.21. The van der Waals surface area contributed by atoms with Crippen LogP contribution >= 0.6 is 0 Å². The van der Waals surface area contributed by atoms with Crippen molar-refractivity contribution in [3.05, 3.63) is 0 Å². The highest BCUT2D eigenvalue weighted by molar-refractivity contribution is 5.96. The Bertz CT molecular complexity index is 319. The molecule has 1 aliphatic rings. The van der Waals surface area contributed by atoms with E-state index in [9.17, 15) is 14.4 Å². The number of amides is 3. The zero-order chi connectivity index (χ0) is 12.8. The number of hydrogen-bond donors (Lipinski definition) is 3. The molecular weight excluding hydrogens is 226 g/mol. The molecule has 0 aromatic rings. The molecule has 1 saturated heterocycles. The maximum atomic E-state index is 11.3. The summed E-state index contributed by atoms with van der Waals surface area (Å²) in [5.74, 6) is -1.26. The molecule has 0 aliphatic carbocycles. The van der Waals surface area contributed by atoms with Gasteiger partial charge in [0, 0.05) is 19.5 Å². The normalized spacial score (nSPS) is 17.8. The summed E-state index contributed by atoms with van der Waals surface area (Å²) in [6.07, 6.45) is 2.04. The van der Waals surface area contributed by atoms with Crippen LogP contribution in [0.4, 0.5) is 4.79 Å². The summed E-state index contributed by atoms with van der Waals surface area (Å²) in [4.78, 5) is 34.2. The zero-order valence-corrected chi connectivity index (χ0v) is 9.52. The molecule has 1 heterocycles. The molecule has 0 unspecified atom stereocenters. The van der Waals surface area contributed by atoms with Crippen LogP contribution in [0.2, 0.25) is 0 Å². The minimum atomic E-state index is -1.01. The van der Waals surface area contributed by atoms with E-state index in [2.05, 4.69) is 5.32 Å². The summed E-state index contributed by atoms with van der Waals surface area (Å²) >= 11 is 0. The van der Waals surface area contributed by atoms with E-state index in [1.54, 1.807) is 4.90 Å². The van der Waals surface area contributed by atoms with Gasteiger partial charge in [0.05, 0.1) is 0 Å². The maximum absolute atomic E-state index is 11.3. The van der Waals surface area contributed by atoms with Gasteiger partial charge in [0.1, 0.15) is 6.04 Å². The van der Waals surface area contributed by atoms with Crippen molar-refractivity contribution in [3.8, 4) is 0 Å². The minimum absolute atomic E-state index is 0.251. The number of nitrogens with zero attached hydrogens (tertiary/aromatic N) is 1. The highest BCUT2D eigenvalue weighted by atomic mass is 16.4. The molecule has 7 heteroatoms. The maximum Gasteiger partial charge on any atom is 0.324 e. The van der Waals surface area contributed by atoms with Gasteiger partial charge >= 0.3 is 12.0 Å². The van der Waals surface area contributed by atoms with E-state index < -0.39 is 12.0 Å². The summed E-state index contributed by atoms with van der Waals surface area (Å²) in [5.41, 5.74) is 5.34. The summed E-state index contributed by atoms with van der Waals surface area (Å²) < 4.78 is 0. The molecule has 17 heavy (non-hydrogen) atoms. The Balaban J connectivity index is 2.16. The number of unbranched alkanes of at least 4 members (excludes halogenated alkanes) is 1. The van der Waals surface area contributed by atoms with Gasteiger partial charge in [-0.2, -0.15) is 0 Å². The number of carbonyl (C=O) groups is 3. The lowest BCUT2D eigenvalue weighted by Crippen LogP contribution is -2.49. The van der Waals surface area contributed by atoms with Gasteiger partial charge in [-0.1, -0.05) is 0 Å². The van der Waals surface area contributed by atoms with E-state index in [0.717, 1.165) is 0 Å². The number of rotatable bonds is 6. The SMILES string of the molecule is N[C@@H](CCCCN1CCC(=O)NC1=O)C(=O)O. The number of urea groups is 1. The highest BCUT2D eigenvalue weighted by Gasteiger charge is 2.22. The molecule has 0 bridgehead atoms. The van der Waals surface area contributed by atoms with Crippen molar-refractivity contribution >= 4 is 17.9 Å². The molecule has 96 valence electrons. The molecule has 0 aromatic heterocycles. The molecule has 1 aliphatic heterocycles. The summed E-state index contributed by atoms with van der Waals surface area (Å²) in [5, 5.41) is 10.8. The van der Waals surface area contributed by atoms with Crippen molar-refractivity contribution in [2.75, 3.05) is 13.1 Å². The minimum Gasteiger partial charge on any atom is -0.480 e. The van der Waals surface area contributed by atoms with Crippen molar-refractivity contribution in [3.63, 3.8) is 0 Å². The Morgan fingerprint density at radius 1 is 1.47 bits per heavy atom. The third-order valence-corrected chi connectivity index (χ3v) is 2.65. The van der Waals surface area contributed by atoms with E-state index in [4.69, 9.17) is 10.8 Å². The third kappa shape index (κ3) is 4.39. The molecule has 0 aromatic carbocycles. The van der Waals surface area contributed by atoms with Crippen LogP contribution in [0.15, 0.2) is 0 Å². The Kier molecular flexibility index (Phi) is 4.89. The molecule has 4 N–H and O–H groups in total. The van der Waals surface area contributed by atoms with Crippen LogP contribution in [-0.2, 0) is 9.59 Å². The summed E-state index contributed by atoms with van der Waals surface area (Å²) in [6.45, 7) is 0.946. The molecule has 1 rings (SSSR count). The molecule has 0 radical (unpaired) electrons. The predicted octanol–water partition coefficient (Wildman–Crippen LogP) is -0.489. The summed E-state index contributed by atoms with van der Waals surface area (Å²) in [7, 11) is 0. The second kappa shape index (κ2) is 6.19. The van der Waals surface area contributed by atoms with Gasteiger partial charge in [-0.25, -0.2) is 4.79 Å². The van der Waals surface area contributed by atoms with Crippen LogP contribution in [0.1, 0.15) is 25.7 Å². The topological polar surface area (TPSA) is 113 Å². The number of imide groups is 1. The smallest absolute Gasteiger partial charge is 0.324 e. The van der Waals surface area contributed by atoms with E-state index in [1.807, 2.05) is 0 Å². The van der Waals surface area contributed by atoms with Gasteiger partial charge in [0.25, 0.3) is 0 Å². The fourth-order valence-electron chi connectivity index (χ4n) is 1.60. The molecule has 7 nitrogen and oxygen atoms in total. The molecule has 1 fully saturated rings. The number of carboxylic acid groups (broad SMARTS) is 1. The van der Waals surface area contributed by atoms with Gasteiger partial charge in [-0.3, -0.25) is 14.9 Å². The van der Waals surface area contributed by atoms with Gasteiger partial charge in [0.2, 0.25) is 5.91 Å². The highest BCUT2D eigenvalue weighted by Crippen LogP contribution is 2.05. The van der Waals surface area contributed by atoms with E-state index in [1.165, 1.54) is 0 Å². The standard InChI is InChI=1S/C10H17N3O4/c11-7(9(15)16)3-1-2-5-13-6-4-8(14)12-10(13)17/h7H,1-6,11H2,(H,15,16)(H,12,14,17)/t7-/m0/s1. The molecule has 0 spiro atoms. The van der Waals surface area contributed by atoms with Crippen molar-refractivity contribution in [1.82, 2.24) is 10.2 Å². The van der Waals surface area contributed by atoms with Crippen LogP contribution in [-0.4, -0.2) is 47.0 Å². The lowest BCUT2D eigenvalue weighted by molar-refractivity contribution is -0.138. The first-order valence-corrected chi connectivity index (χ1v) is 5.58. The van der Waals surface area contributed by atoms with Gasteiger partial charge in [-0.15, -0.1) is 0 Å². The molecule has 0 saturated carbocycles. The van der Waals surface area contributed by atoms with E-state index in [0.29, 0.717) is 38.8 Å². The number of nitrogens with two attached hydrogens (primary N) is 1. The zero-order valence-electron chi connectivity index (χ0n) is 9.52. The van der Waals surface area contributed by atoms with Crippen LogP contribution in [0.25, 0.3) is 0 Å². The van der Waals surface area contributed by atoms with Crippen LogP contribution < -0.4 is 11.1 Å². The van der Waals surface area contributed by atoms with Crippen molar-refractivity contribution in [2.24, 2.45) is 5.73 Å². The average molecular weight is 243 g/mol. The molecular formula is C10H17N3O4. The van der Waals surface area contributed by atoms with E-state index in [-0.39, 0.29) is 11.9 Å². The van der Waals surface area contributed by atoms with Gasteiger partial charge < -0.3 is 15.7 Å². The Hall–Kier alpha value is -1.63. The quantitative estimate of drug-likeness (QED) is 0.545. The number of carbonyl (C=O) groups excluding carboxylic acids is 2. The number of carboxylic acids is 1. The first-order valence-electron chi connectivity index (χ1n) is 5.58. The van der Waals surface area contributed by atoms with Crippen LogP contribution in [0, 0.1) is 0 Å². The fraction of sp³-hybridized carbons (Fsp3) is 0.700. The van der Waals surface area contributed by atoms with Crippen LogP contribution in [0.3, 0.4) is 0 Å². The third-order valence-electron chi connectivity index (χ3n) is 2.65. The lowest BCUT2D eigenvalue weighted by Gasteiger charge is -2.26. The molecule has 1 atom stereocenters. The second-order valence-electron chi connectivity index (χ2n) is 4.03. The number of nitrogens with one attached hydrogen (secondary N) is 1. The van der Waals surface area contributed by atoms with Gasteiger partial charge in [-0.05, 0) is 19.3 Å². The van der Waals surface area contributed by atoms with Crippen molar-refractivity contribution in [1.29, 1.82) is 0 Å². The lowest BCUT2D eigenvalue weighted by atomic mass is 10.1. The first kappa shape index (κ1) is 13.4. The Labute approximate surface area is 98.9 Å². The van der Waals surface area contributed by atoms with Crippen LogP contribution in [0.5, 0.6) is 0 Å². The predicted molar refractivity (Wildman–Crippen MR) is 59.2 cm³/mol. The Morgan fingerprint density at radius 2 is 2.18 bits per heavy atom. The largest absolute Gasteiger partial charge is 0.480 e. The van der Waals surface area contributed by atoms with E-state index >= 15 is 0 Å².